The predicted molar refractivity (Wildman–Crippen MR) is 183 cm³/mol. The van der Waals surface area contributed by atoms with Gasteiger partial charge >= 0.3 is 0 Å². The fraction of sp³-hybridized carbons (Fsp3) is 0.0256. The number of fused-ring (bicyclic) bond motifs is 8. The number of amidine groups is 1. The van der Waals surface area contributed by atoms with Gasteiger partial charge < -0.3 is 10.3 Å². The Balaban J connectivity index is 1.39. The molecule has 0 saturated carbocycles. The van der Waals surface area contributed by atoms with E-state index in [1.165, 1.54) is 21.9 Å². The summed E-state index contributed by atoms with van der Waals surface area (Å²) in [5.74, 6) is 0.921. The van der Waals surface area contributed by atoms with E-state index in [1.54, 1.807) is 0 Å². The monoisotopic (exact) mass is 567 g/mol. The summed E-state index contributed by atoms with van der Waals surface area (Å²) in [6, 6.07) is 52.3. The fourth-order valence-corrected chi connectivity index (χ4v) is 6.32. The number of anilines is 2. The molecule has 1 aliphatic heterocycles. The first kappa shape index (κ1) is 25.7. The standard InChI is InChI=1S/C39H29N5/c40-38(27-14-2-1-3-15-27)42-39(41-26-43-34-22-10-6-20-32(34)33-21-7-11-23-35(33)43)44-36-24-12-8-18-30(36)28-16-4-5-17-29(28)31-19-9-13-25-37(31)44/h1-25H,26H2,(H2,40,41,42). The Kier molecular flexibility index (Phi) is 6.27. The largest absolute Gasteiger partial charge is 0.383 e. The Morgan fingerprint density at radius 1 is 0.500 bits per heavy atom. The molecule has 2 heterocycles. The minimum Gasteiger partial charge on any atom is -0.383 e. The molecule has 6 aromatic carbocycles. The summed E-state index contributed by atoms with van der Waals surface area (Å²) in [7, 11) is 0. The van der Waals surface area contributed by atoms with Crippen molar-refractivity contribution in [3.05, 3.63) is 157 Å². The maximum Gasteiger partial charge on any atom is 0.233 e. The molecule has 210 valence electrons. The van der Waals surface area contributed by atoms with Crippen LogP contribution in [0.25, 0.3) is 44.1 Å². The predicted octanol–water partition coefficient (Wildman–Crippen LogP) is 9.00. The zero-order chi connectivity index (χ0) is 29.5. The Labute approximate surface area is 255 Å². The van der Waals surface area contributed by atoms with E-state index >= 15 is 0 Å². The molecular weight excluding hydrogens is 538 g/mol. The first-order valence-corrected chi connectivity index (χ1v) is 14.8. The topological polar surface area (TPSA) is 58.9 Å². The van der Waals surface area contributed by atoms with Crippen LogP contribution in [0.5, 0.6) is 0 Å². The van der Waals surface area contributed by atoms with E-state index in [0.29, 0.717) is 18.5 Å². The highest BCUT2D eigenvalue weighted by molar-refractivity contribution is 6.17. The van der Waals surface area contributed by atoms with Crippen LogP contribution in [-0.4, -0.2) is 16.4 Å². The summed E-state index contributed by atoms with van der Waals surface area (Å²) >= 11 is 0. The van der Waals surface area contributed by atoms with Crippen molar-refractivity contribution in [1.82, 2.24) is 4.57 Å². The van der Waals surface area contributed by atoms with Gasteiger partial charge in [-0.1, -0.05) is 127 Å². The number of aromatic nitrogens is 1. The molecule has 1 aromatic heterocycles. The van der Waals surface area contributed by atoms with Gasteiger partial charge in [0.1, 0.15) is 12.5 Å². The van der Waals surface area contributed by atoms with Crippen LogP contribution in [-0.2, 0) is 6.67 Å². The van der Waals surface area contributed by atoms with Gasteiger partial charge in [-0.3, -0.25) is 4.90 Å². The van der Waals surface area contributed by atoms with Gasteiger partial charge in [-0.15, -0.1) is 0 Å². The maximum absolute atomic E-state index is 6.73. The zero-order valence-electron chi connectivity index (χ0n) is 24.0. The number of hydrogen-bond acceptors (Lipinski definition) is 1. The van der Waals surface area contributed by atoms with Gasteiger partial charge in [-0.05, 0) is 35.4 Å². The second kappa shape index (κ2) is 10.7. The molecule has 0 saturated heterocycles. The summed E-state index contributed by atoms with van der Waals surface area (Å²) in [6.45, 7) is 0.364. The zero-order valence-corrected chi connectivity index (χ0v) is 24.0. The van der Waals surface area contributed by atoms with Crippen molar-refractivity contribution in [2.75, 3.05) is 4.90 Å². The van der Waals surface area contributed by atoms with E-state index in [-0.39, 0.29) is 0 Å². The van der Waals surface area contributed by atoms with Gasteiger partial charge in [0.25, 0.3) is 0 Å². The number of benzene rings is 6. The van der Waals surface area contributed by atoms with Gasteiger partial charge in [-0.2, -0.15) is 4.99 Å². The SMILES string of the molecule is NC(=NC(=NCn1c2ccccc2c2ccccc21)N1c2ccccc2-c2ccccc2-c2ccccc21)c1ccccc1. The van der Waals surface area contributed by atoms with E-state index in [0.717, 1.165) is 39.1 Å². The van der Waals surface area contributed by atoms with E-state index < -0.39 is 0 Å². The number of guanidine groups is 1. The highest BCUT2D eigenvalue weighted by Gasteiger charge is 2.28. The quantitative estimate of drug-likeness (QED) is 0.171. The normalized spacial score (nSPS) is 13.0. The number of aliphatic imine (C=N–C) groups is 2. The van der Waals surface area contributed by atoms with Gasteiger partial charge in [0, 0.05) is 27.5 Å². The van der Waals surface area contributed by atoms with Crippen LogP contribution in [0.1, 0.15) is 5.56 Å². The van der Waals surface area contributed by atoms with Crippen LogP contribution in [0.15, 0.2) is 162 Å². The smallest absolute Gasteiger partial charge is 0.233 e. The molecular formula is C39H29N5. The highest BCUT2D eigenvalue weighted by Crippen LogP contribution is 2.47. The lowest BCUT2D eigenvalue weighted by Gasteiger charge is -2.26. The first-order valence-electron chi connectivity index (χ1n) is 14.8. The first-order chi connectivity index (χ1) is 21.8. The lowest BCUT2D eigenvalue weighted by atomic mass is 9.95. The Morgan fingerprint density at radius 2 is 0.955 bits per heavy atom. The summed E-state index contributed by atoms with van der Waals surface area (Å²) in [6.07, 6.45) is 0. The van der Waals surface area contributed by atoms with E-state index in [4.69, 9.17) is 15.7 Å². The average Bonchev–Trinajstić information content (AvgIpc) is 3.35. The third-order valence-corrected chi connectivity index (χ3v) is 8.32. The van der Waals surface area contributed by atoms with Gasteiger partial charge in [0.2, 0.25) is 5.96 Å². The molecule has 5 nitrogen and oxygen atoms in total. The van der Waals surface area contributed by atoms with Crippen LogP contribution < -0.4 is 10.6 Å². The van der Waals surface area contributed by atoms with Crippen LogP contribution in [0.2, 0.25) is 0 Å². The third-order valence-electron chi connectivity index (χ3n) is 8.32. The average molecular weight is 568 g/mol. The third kappa shape index (κ3) is 4.26. The minimum atomic E-state index is 0.364. The van der Waals surface area contributed by atoms with Crippen molar-refractivity contribution in [2.24, 2.45) is 15.7 Å². The van der Waals surface area contributed by atoms with Crippen LogP contribution in [0.3, 0.4) is 0 Å². The fourth-order valence-electron chi connectivity index (χ4n) is 6.32. The molecule has 0 fully saturated rings. The number of nitrogens with zero attached hydrogens (tertiary/aromatic N) is 4. The van der Waals surface area contributed by atoms with Gasteiger partial charge in [0.05, 0.1) is 22.4 Å². The van der Waals surface area contributed by atoms with E-state index in [9.17, 15) is 0 Å². The molecule has 8 rings (SSSR count). The lowest BCUT2D eigenvalue weighted by molar-refractivity contribution is 0.788. The summed E-state index contributed by atoms with van der Waals surface area (Å²) in [5, 5.41) is 2.40. The maximum atomic E-state index is 6.73. The number of rotatable bonds is 3. The van der Waals surface area contributed by atoms with Gasteiger partial charge in [-0.25, -0.2) is 4.99 Å². The molecule has 44 heavy (non-hydrogen) atoms. The second-order valence-corrected chi connectivity index (χ2v) is 10.8. The van der Waals surface area contributed by atoms with E-state index in [2.05, 4.69) is 131 Å². The van der Waals surface area contributed by atoms with Crippen LogP contribution in [0.4, 0.5) is 11.4 Å². The Morgan fingerprint density at radius 3 is 1.52 bits per heavy atom. The molecule has 0 amide bonds. The summed E-state index contributed by atoms with van der Waals surface area (Å²) in [5.41, 5.74) is 16.4. The Bertz CT molecular complexity index is 2110. The van der Waals surface area contributed by atoms with Crippen LogP contribution >= 0.6 is 0 Å². The van der Waals surface area contributed by atoms with Gasteiger partial charge in [0.15, 0.2) is 0 Å². The lowest BCUT2D eigenvalue weighted by Crippen LogP contribution is -2.28. The second-order valence-electron chi connectivity index (χ2n) is 10.8. The molecule has 7 aromatic rings. The van der Waals surface area contributed by atoms with Crippen molar-refractivity contribution in [3.63, 3.8) is 0 Å². The molecule has 1 aliphatic rings. The molecule has 0 unspecified atom stereocenters. The molecule has 0 bridgehead atoms. The van der Waals surface area contributed by atoms with Crippen molar-refractivity contribution >= 4 is 45.0 Å². The van der Waals surface area contributed by atoms with Crippen molar-refractivity contribution < 1.29 is 0 Å². The minimum absolute atomic E-state index is 0.364. The Hall–Kier alpha value is -5.94. The van der Waals surface area contributed by atoms with Crippen LogP contribution in [0, 0.1) is 0 Å². The number of hydrogen-bond donors (Lipinski definition) is 1. The molecule has 0 radical (unpaired) electrons. The van der Waals surface area contributed by atoms with Crippen molar-refractivity contribution in [1.29, 1.82) is 0 Å². The molecule has 0 spiro atoms. The molecule has 0 aliphatic carbocycles. The number of nitrogens with two attached hydrogens (primary N) is 1. The molecule has 5 heteroatoms. The summed E-state index contributed by atoms with van der Waals surface area (Å²) < 4.78 is 2.25. The van der Waals surface area contributed by atoms with E-state index in [1.807, 2.05) is 30.3 Å². The van der Waals surface area contributed by atoms with Crippen molar-refractivity contribution in [3.8, 4) is 22.3 Å². The molecule has 0 atom stereocenters. The summed E-state index contributed by atoms with van der Waals surface area (Å²) in [4.78, 5) is 12.5. The highest BCUT2D eigenvalue weighted by atomic mass is 15.3. The van der Waals surface area contributed by atoms with Crippen molar-refractivity contribution in [2.45, 2.75) is 6.67 Å². The molecule has 2 N–H and O–H groups in total. The number of para-hydroxylation sites is 4.